The van der Waals surface area contributed by atoms with Gasteiger partial charge in [-0.3, -0.25) is 4.79 Å². The van der Waals surface area contributed by atoms with Crippen LogP contribution in [0.3, 0.4) is 0 Å². The molecule has 1 N–H and O–H groups in total. The molecular weight excluding hydrogens is 268 g/mol. The summed E-state index contributed by atoms with van der Waals surface area (Å²) in [5.41, 5.74) is 1.29. The molecule has 0 spiro atoms. The first-order valence-corrected chi connectivity index (χ1v) is 6.92. The summed E-state index contributed by atoms with van der Waals surface area (Å²) in [5, 5.41) is 9.58. The number of rotatable bonds is 6. The van der Waals surface area contributed by atoms with Crippen molar-refractivity contribution < 1.29 is 14.6 Å². The Kier molecular flexibility index (Phi) is 5.00. The molecular formula is C16H20N2O3. The van der Waals surface area contributed by atoms with E-state index in [9.17, 15) is 9.90 Å². The van der Waals surface area contributed by atoms with E-state index in [1.807, 2.05) is 29.8 Å². The molecule has 1 aromatic carbocycles. The van der Waals surface area contributed by atoms with Gasteiger partial charge in [0, 0.05) is 38.1 Å². The minimum Gasteiger partial charge on any atom is -0.508 e. The van der Waals surface area contributed by atoms with Crippen molar-refractivity contribution in [1.82, 2.24) is 4.57 Å². The van der Waals surface area contributed by atoms with Gasteiger partial charge in [0.1, 0.15) is 11.4 Å². The van der Waals surface area contributed by atoms with E-state index < -0.39 is 0 Å². The van der Waals surface area contributed by atoms with Crippen molar-refractivity contribution in [3.8, 4) is 5.75 Å². The number of phenolic OH excluding ortho intramolecular Hbond substituents is 1. The molecule has 2 aromatic rings. The average Bonchev–Trinajstić information content (AvgIpc) is 2.94. The number of aromatic nitrogens is 1. The van der Waals surface area contributed by atoms with Gasteiger partial charge in [0.2, 0.25) is 0 Å². The first-order valence-electron chi connectivity index (χ1n) is 6.92. The first kappa shape index (κ1) is 15.1. The summed E-state index contributed by atoms with van der Waals surface area (Å²) in [7, 11) is 1.64. The van der Waals surface area contributed by atoms with E-state index >= 15 is 0 Å². The lowest BCUT2D eigenvalue weighted by molar-refractivity contribution is 0.0976. The molecule has 0 saturated heterocycles. The van der Waals surface area contributed by atoms with E-state index in [2.05, 4.69) is 0 Å². The Morgan fingerprint density at radius 3 is 2.81 bits per heavy atom. The van der Waals surface area contributed by atoms with Gasteiger partial charge in [-0.2, -0.15) is 0 Å². The second kappa shape index (κ2) is 6.95. The minimum absolute atomic E-state index is 0.0933. The van der Waals surface area contributed by atoms with Crippen molar-refractivity contribution in [3.05, 3.63) is 48.3 Å². The van der Waals surface area contributed by atoms with Crippen LogP contribution in [0.2, 0.25) is 0 Å². The van der Waals surface area contributed by atoms with Gasteiger partial charge in [-0.05, 0) is 31.2 Å². The zero-order valence-electron chi connectivity index (χ0n) is 12.3. The highest BCUT2D eigenvalue weighted by molar-refractivity contribution is 6.05. The van der Waals surface area contributed by atoms with Gasteiger partial charge in [-0.1, -0.05) is 6.07 Å². The van der Waals surface area contributed by atoms with Crippen molar-refractivity contribution >= 4 is 11.6 Å². The van der Waals surface area contributed by atoms with Gasteiger partial charge in [0.05, 0.1) is 6.61 Å². The Labute approximate surface area is 124 Å². The van der Waals surface area contributed by atoms with E-state index in [0.29, 0.717) is 31.1 Å². The van der Waals surface area contributed by atoms with Crippen LogP contribution in [0, 0.1) is 0 Å². The predicted molar refractivity (Wildman–Crippen MR) is 81.8 cm³/mol. The summed E-state index contributed by atoms with van der Waals surface area (Å²) >= 11 is 0. The predicted octanol–water partition coefficient (Wildman–Crippen LogP) is 2.51. The summed E-state index contributed by atoms with van der Waals surface area (Å²) in [6.07, 6.45) is 1.86. The molecule has 0 fully saturated rings. The topological polar surface area (TPSA) is 54.7 Å². The summed E-state index contributed by atoms with van der Waals surface area (Å²) < 4.78 is 6.93. The van der Waals surface area contributed by atoms with Crippen molar-refractivity contribution in [1.29, 1.82) is 0 Å². The lowest BCUT2D eigenvalue weighted by Crippen LogP contribution is -2.32. The van der Waals surface area contributed by atoms with Crippen LogP contribution in [0.5, 0.6) is 5.75 Å². The number of benzene rings is 1. The van der Waals surface area contributed by atoms with E-state index in [1.54, 1.807) is 36.3 Å². The molecule has 0 aliphatic rings. The van der Waals surface area contributed by atoms with Gasteiger partial charge >= 0.3 is 0 Å². The molecule has 112 valence electrons. The summed E-state index contributed by atoms with van der Waals surface area (Å²) in [4.78, 5) is 14.4. The van der Waals surface area contributed by atoms with Gasteiger partial charge in [0.15, 0.2) is 0 Å². The van der Waals surface area contributed by atoms with Gasteiger partial charge in [-0.25, -0.2) is 0 Å². The molecule has 0 atom stereocenters. The second-order valence-corrected chi connectivity index (χ2v) is 4.65. The highest BCUT2D eigenvalue weighted by Crippen LogP contribution is 2.22. The highest BCUT2D eigenvalue weighted by atomic mass is 16.5. The summed E-state index contributed by atoms with van der Waals surface area (Å²) in [6.45, 7) is 3.61. The molecule has 0 saturated carbocycles. The van der Waals surface area contributed by atoms with E-state index in [4.69, 9.17) is 4.74 Å². The first-order chi connectivity index (χ1) is 10.2. The Balaban J connectivity index is 2.26. The molecule has 1 heterocycles. The summed E-state index contributed by atoms with van der Waals surface area (Å²) in [6, 6.07) is 10.4. The zero-order chi connectivity index (χ0) is 15.2. The molecule has 0 unspecified atom stereocenters. The van der Waals surface area contributed by atoms with Crippen molar-refractivity contribution in [2.75, 3.05) is 25.2 Å². The fraction of sp³-hybridized carbons (Fsp3) is 0.312. The SMILES string of the molecule is CCN(C(=O)c1cccn1CCOC)c1cccc(O)c1. The molecule has 1 amide bonds. The number of anilines is 1. The van der Waals surface area contributed by atoms with Crippen LogP contribution in [0.15, 0.2) is 42.6 Å². The molecule has 5 heteroatoms. The van der Waals surface area contributed by atoms with Crippen LogP contribution in [0.1, 0.15) is 17.4 Å². The van der Waals surface area contributed by atoms with Crippen LogP contribution in [0.25, 0.3) is 0 Å². The number of phenols is 1. The maximum absolute atomic E-state index is 12.7. The quantitative estimate of drug-likeness (QED) is 0.888. The van der Waals surface area contributed by atoms with Gasteiger partial charge in [-0.15, -0.1) is 0 Å². The third-order valence-corrected chi connectivity index (χ3v) is 3.29. The second-order valence-electron chi connectivity index (χ2n) is 4.65. The number of ether oxygens (including phenoxy) is 1. The van der Waals surface area contributed by atoms with Crippen molar-refractivity contribution in [3.63, 3.8) is 0 Å². The largest absolute Gasteiger partial charge is 0.508 e. The number of nitrogens with zero attached hydrogens (tertiary/aromatic N) is 2. The molecule has 0 aliphatic heterocycles. The molecule has 21 heavy (non-hydrogen) atoms. The Morgan fingerprint density at radius 1 is 1.33 bits per heavy atom. The third-order valence-electron chi connectivity index (χ3n) is 3.29. The van der Waals surface area contributed by atoms with E-state index in [0.717, 1.165) is 0 Å². The lowest BCUT2D eigenvalue weighted by Gasteiger charge is -2.22. The maximum Gasteiger partial charge on any atom is 0.274 e. The van der Waals surface area contributed by atoms with Crippen molar-refractivity contribution in [2.24, 2.45) is 0 Å². The van der Waals surface area contributed by atoms with Gasteiger partial charge in [0.25, 0.3) is 5.91 Å². The molecule has 2 rings (SSSR count). The van der Waals surface area contributed by atoms with Crippen LogP contribution in [-0.2, 0) is 11.3 Å². The molecule has 0 radical (unpaired) electrons. The number of carbonyl (C=O) groups is 1. The number of methoxy groups -OCH3 is 1. The number of aromatic hydroxyl groups is 1. The van der Waals surface area contributed by atoms with Gasteiger partial charge < -0.3 is 19.3 Å². The lowest BCUT2D eigenvalue weighted by atomic mass is 10.2. The maximum atomic E-state index is 12.7. The Morgan fingerprint density at radius 2 is 2.14 bits per heavy atom. The fourth-order valence-electron chi connectivity index (χ4n) is 2.24. The number of amides is 1. The fourth-order valence-corrected chi connectivity index (χ4v) is 2.24. The van der Waals surface area contributed by atoms with Crippen LogP contribution >= 0.6 is 0 Å². The Bertz CT molecular complexity index is 607. The molecule has 0 bridgehead atoms. The Hall–Kier alpha value is -2.27. The summed E-state index contributed by atoms with van der Waals surface area (Å²) in [5.74, 6) is 0.0534. The van der Waals surface area contributed by atoms with Crippen LogP contribution in [0.4, 0.5) is 5.69 Å². The van der Waals surface area contributed by atoms with Crippen LogP contribution < -0.4 is 4.90 Å². The monoisotopic (exact) mass is 288 g/mol. The van der Waals surface area contributed by atoms with E-state index in [1.165, 1.54) is 0 Å². The smallest absolute Gasteiger partial charge is 0.274 e. The number of carbonyl (C=O) groups excluding carboxylic acids is 1. The zero-order valence-corrected chi connectivity index (χ0v) is 12.3. The number of hydrogen-bond donors (Lipinski definition) is 1. The standard InChI is InChI=1S/C16H20N2O3/c1-3-18(13-6-4-7-14(19)12-13)16(20)15-8-5-9-17(15)10-11-21-2/h4-9,12,19H,3,10-11H2,1-2H3. The molecule has 5 nitrogen and oxygen atoms in total. The van der Waals surface area contributed by atoms with E-state index in [-0.39, 0.29) is 11.7 Å². The highest BCUT2D eigenvalue weighted by Gasteiger charge is 2.19. The van der Waals surface area contributed by atoms with Crippen LogP contribution in [-0.4, -0.2) is 35.8 Å². The minimum atomic E-state index is -0.0933. The number of hydrogen-bond acceptors (Lipinski definition) is 3. The molecule has 0 aliphatic carbocycles. The molecule has 1 aromatic heterocycles. The average molecular weight is 288 g/mol. The third kappa shape index (κ3) is 3.44. The van der Waals surface area contributed by atoms with Crippen molar-refractivity contribution in [2.45, 2.75) is 13.5 Å². The normalized spacial score (nSPS) is 10.6.